The molecule has 2 aromatic rings. The van der Waals surface area contributed by atoms with Crippen molar-refractivity contribution in [2.75, 3.05) is 0 Å². The molecule has 2 heterocycles. The Bertz CT molecular complexity index is 452. The van der Waals surface area contributed by atoms with Gasteiger partial charge in [0.05, 0.1) is 0 Å². The molecule has 0 atom stereocenters. The highest BCUT2D eigenvalue weighted by atomic mass is 35.5. The molecule has 2 aromatic heterocycles. The van der Waals surface area contributed by atoms with Gasteiger partial charge in [-0.25, -0.2) is 9.97 Å². The number of fused-ring (bicyclic) bond motifs is 1. The Morgan fingerprint density at radius 1 is 1.43 bits per heavy atom. The van der Waals surface area contributed by atoms with Crippen LogP contribution in [0.2, 0.25) is 5.15 Å². The molecule has 0 saturated carbocycles. The maximum Gasteiger partial charge on any atom is 0.251 e. The maximum absolute atomic E-state index is 5.83. The van der Waals surface area contributed by atoms with Gasteiger partial charge in [-0.2, -0.15) is 4.98 Å². The molecule has 74 valence electrons. The summed E-state index contributed by atoms with van der Waals surface area (Å²) in [6.45, 7) is 4.20. The molecular formula is C9H10ClN3O. The monoisotopic (exact) mass is 211 g/mol. The van der Waals surface area contributed by atoms with Crippen LogP contribution in [0.1, 0.15) is 19.7 Å². The highest BCUT2D eigenvalue weighted by molar-refractivity contribution is 6.33. The quantitative estimate of drug-likeness (QED) is 0.716. The van der Waals surface area contributed by atoms with Crippen molar-refractivity contribution in [3.05, 3.63) is 17.4 Å². The fourth-order valence-electron chi connectivity index (χ4n) is 1.21. The Morgan fingerprint density at radius 2 is 2.21 bits per heavy atom. The van der Waals surface area contributed by atoms with Crippen LogP contribution in [0.5, 0.6) is 0 Å². The summed E-state index contributed by atoms with van der Waals surface area (Å²) in [6, 6.07) is 0. The first-order valence-electron chi connectivity index (χ1n) is 4.42. The fraction of sp³-hybridized carbons (Fsp3) is 0.444. The normalized spacial score (nSPS) is 11.4. The van der Waals surface area contributed by atoms with Crippen molar-refractivity contribution in [3.8, 4) is 0 Å². The van der Waals surface area contributed by atoms with E-state index in [1.807, 2.05) is 0 Å². The molecule has 0 amide bonds. The van der Waals surface area contributed by atoms with Gasteiger partial charge in [0.2, 0.25) is 0 Å². The Kier molecular flexibility index (Phi) is 2.37. The van der Waals surface area contributed by atoms with Crippen molar-refractivity contribution < 1.29 is 4.42 Å². The molecule has 0 spiro atoms. The number of aromatic nitrogens is 3. The number of hydrogen-bond acceptors (Lipinski definition) is 4. The second kappa shape index (κ2) is 3.53. The standard InChI is InChI=1S/C9H10ClN3O/c1-5(2)3-6-13-7-8(10)11-4-12-9(7)14-6/h4-5H,3H2,1-2H3. The first-order valence-corrected chi connectivity index (χ1v) is 4.80. The van der Waals surface area contributed by atoms with E-state index in [9.17, 15) is 0 Å². The van der Waals surface area contributed by atoms with Crippen LogP contribution in [-0.2, 0) is 6.42 Å². The van der Waals surface area contributed by atoms with Crippen LogP contribution in [0.4, 0.5) is 0 Å². The van der Waals surface area contributed by atoms with Crippen LogP contribution in [0.15, 0.2) is 10.7 Å². The van der Waals surface area contributed by atoms with Crippen molar-refractivity contribution >= 4 is 22.8 Å². The van der Waals surface area contributed by atoms with Gasteiger partial charge < -0.3 is 4.42 Å². The summed E-state index contributed by atoms with van der Waals surface area (Å²) < 4.78 is 5.41. The van der Waals surface area contributed by atoms with E-state index in [4.69, 9.17) is 16.0 Å². The summed E-state index contributed by atoms with van der Waals surface area (Å²) >= 11 is 5.83. The first kappa shape index (κ1) is 9.40. The SMILES string of the molecule is CC(C)Cc1nc2c(Cl)ncnc2o1. The van der Waals surface area contributed by atoms with E-state index in [0.717, 1.165) is 6.42 Å². The second-order valence-electron chi connectivity index (χ2n) is 3.52. The highest BCUT2D eigenvalue weighted by Crippen LogP contribution is 2.20. The van der Waals surface area contributed by atoms with Gasteiger partial charge in [0.15, 0.2) is 16.6 Å². The molecule has 0 fully saturated rings. The van der Waals surface area contributed by atoms with Gasteiger partial charge in [-0.1, -0.05) is 25.4 Å². The maximum atomic E-state index is 5.83. The zero-order valence-electron chi connectivity index (χ0n) is 7.99. The van der Waals surface area contributed by atoms with Gasteiger partial charge in [0, 0.05) is 6.42 Å². The largest absolute Gasteiger partial charge is 0.422 e. The summed E-state index contributed by atoms with van der Waals surface area (Å²) in [7, 11) is 0. The summed E-state index contributed by atoms with van der Waals surface area (Å²) in [4.78, 5) is 12.0. The minimum Gasteiger partial charge on any atom is -0.422 e. The van der Waals surface area contributed by atoms with Gasteiger partial charge in [0.25, 0.3) is 5.71 Å². The molecular weight excluding hydrogens is 202 g/mol. The molecule has 0 N–H and O–H groups in total. The number of oxazole rings is 1. The molecule has 4 nitrogen and oxygen atoms in total. The average Bonchev–Trinajstić information content (AvgIpc) is 2.47. The van der Waals surface area contributed by atoms with Gasteiger partial charge in [-0.3, -0.25) is 0 Å². The van der Waals surface area contributed by atoms with E-state index in [2.05, 4.69) is 28.8 Å². The Labute approximate surface area is 86.3 Å². The third-order valence-corrected chi connectivity index (χ3v) is 2.05. The fourth-order valence-corrected chi connectivity index (χ4v) is 1.37. The van der Waals surface area contributed by atoms with Crippen molar-refractivity contribution in [2.45, 2.75) is 20.3 Å². The predicted octanol–water partition coefficient (Wildman–Crippen LogP) is 2.47. The summed E-state index contributed by atoms with van der Waals surface area (Å²) in [6.07, 6.45) is 2.15. The summed E-state index contributed by atoms with van der Waals surface area (Å²) in [5.74, 6) is 1.16. The molecule has 0 aliphatic heterocycles. The molecule has 5 heteroatoms. The predicted molar refractivity (Wildman–Crippen MR) is 53.2 cm³/mol. The van der Waals surface area contributed by atoms with Gasteiger partial charge in [0.1, 0.15) is 6.33 Å². The lowest BCUT2D eigenvalue weighted by Crippen LogP contribution is -1.93. The molecule has 14 heavy (non-hydrogen) atoms. The molecule has 0 bridgehead atoms. The van der Waals surface area contributed by atoms with Crippen LogP contribution < -0.4 is 0 Å². The average molecular weight is 212 g/mol. The van der Waals surface area contributed by atoms with Crippen LogP contribution in [-0.4, -0.2) is 15.0 Å². The third-order valence-electron chi connectivity index (χ3n) is 1.78. The van der Waals surface area contributed by atoms with Crippen molar-refractivity contribution in [2.24, 2.45) is 5.92 Å². The van der Waals surface area contributed by atoms with Crippen molar-refractivity contribution in [3.63, 3.8) is 0 Å². The van der Waals surface area contributed by atoms with E-state index < -0.39 is 0 Å². The lowest BCUT2D eigenvalue weighted by molar-refractivity contribution is 0.477. The Hall–Kier alpha value is -1.16. The minimum absolute atomic E-state index is 0.341. The van der Waals surface area contributed by atoms with Crippen molar-refractivity contribution in [1.29, 1.82) is 0 Å². The number of halogens is 1. The topological polar surface area (TPSA) is 51.8 Å². The molecule has 0 aliphatic rings. The molecule has 0 unspecified atom stereocenters. The van der Waals surface area contributed by atoms with Crippen LogP contribution in [0.25, 0.3) is 11.2 Å². The zero-order valence-corrected chi connectivity index (χ0v) is 8.75. The summed E-state index contributed by atoms with van der Waals surface area (Å²) in [5, 5.41) is 0.341. The lowest BCUT2D eigenvalue weighted by Gasteiger charge is -1.96. The van der Waals surface area contributed by atoms with Gasteiger partial charge in [-0.15, -0.1) is 0 Å². The first-order chi connectivity index (χ1) is 6.66. The van der Waals surface area contributed by atoms with E-state index in [1.54, 1.807) is 0 Å². The number of hydrogen-bond donors (Lipinski definition) is 0. The highest BCUT2D eigenvalue weighted by Gasteiger charge is 2.11. The molecule has 0 radical (unpaired) electrons. The smallest absolute Gasteiger partial charge is 0.251 e. The number of nitrogens with zero attached hydrogens (tertiary/aromatic N) is 3. The van der Waals surface area contributed by atoms with Crippen LogP contribution in [0.3, 0.4) is 0 Å². The second-order valence-corrected chi connectivity index (χ2v) is 3.88. The number of rotatable bonds is 2. The van der Waals surface area contributed by atoms with E-state index in [-0.39, 0.29) is 0 Å². The molecule has 0 saturated heterocycles. The Morgan fingerprint density at radius 3 is 2.86 bits per heavy atom. The third kappa shape index (κ3) is 1.70. The van der Waals surface area contributed by atoms with Crippen LogP contribution in [0, 0.1) is 5.92 Å². The van der Waals surface area contributed by atoms with E-state index in [1.165, 1.54) is 6.33 Å². The van der Waals surface area contributed by atoms with E-state index in [0.29, 0.717) is 28.2 Å². The lowest BCUT2D eigenvalue weighted by atomic mass is 10.1. The van der Waals surface area contributed by atoms with Gasteiger partial charge in [-0.05, 0) is 5.92 Å². The Balaban J connectivity index is 2.46. The van der Waals surface area contributed by atoms with Crippen LogP contribution >= 0.6 is 11.6 Å². The van der Waals surface area contributed by atoms with E-state index >= 15 is 0 Å². The molecule has 0 aromatic carbocycles. The zero-order chi connectivity index (χ0) is 10.1. The summed E-state index contributed by atoms with van der Waals surface area (Å²) in [5.41, 5.74) is 1.01. The van der Waals surface area contributed by atoms with Gasteiger partial charge >= 0.3 is 0 Å². The molecule has 2 rings (SSSR count). The van der Waals surface area contributed by atoms with Crippen molar-refractivity contribution in [1.82, 2.24) is 15.0 Å². The molecule has 0 aliphatic carbocycles. The minimum atomic E-state index is 0.341.